The van der Waals surface area contributed by atoms with Crippen LogP contribution in [-0.2, 0) is 11.0 Å². The van der Waals surface area contributed by atoms with Crippen LogP contribution in [0.2, 0.25) is 0 Å². The van der Waals surface area contributed by atoms with Gasteiger partial charge in [-0.1, -0.05) is 30.3 Å². The molecule has 0 aliphatic heterocycles. The van der Waals surface area contributed by atoms with Gasteiger partial charge in [0.2, 0.25) is 5.91 Å². The average molecular weight is 291 g/mol. The number of rotatable bonds is 3. The normalized spacial score (nSPS) is 11.6. The molecule has 0 saturated carbocycles. The zero-order chi connectivity index (χ0) is 15.3. The summed E-state index contributed by atoms with van der Waals surface area (Å²) in [5, 5.41) is 2.64. The SMILES string of the molecule is O=C(C=Cc1ccc(C(F)(F)F)cc1)Nc1ccccc1. The molecule has 0 unspecified atom stereocenters. The van der Waals surface area contributed by atoms with E-state index >= 15 is 0 Å². The standard InChI is InChI=1S/C16H12F3NO/c17-16(18,19)13-9-6-12(7-10-13)8-11-15(21)20-14-4-2-1-3-5-14/h1-11H,(H,20,21). The van der Waals surface area contributed by atoms with Crippen molar-refractivity contribution in [3.8, 4) is 0 Å². The first kappa shape index (κ1) is 14.8. The fraction of sp³-hybridized carbons (Fsp3) is 0.0625. The fourth-order valence-corrected chi connectivity index (χ4v) is 1.66. The molecule has 0 aliphatic carbocycles. The van der Waals surface area contributed by atoms with Crippen LogP contribution in [-0.4, -0.2) is 5.91 Å². The molecule has 2 aromatic rings. The number of hydrogen-bond donors (Lipinski definition) is 1. The van der Waals surface area contributed by atoms with Crippen molar-refractivity contribution in [3.05, 3.63) is 71.8 Å². The molecule has 2 nitrogen and oxygen atoms in total. The molecule has 0 spiro atoms. The molecule has 21 heavy (non-hydrogen) atoms. The number of carbonyl (C=O) groups excluding carboxylic acids is 1. The molecule has 1 amide bonds. The smallest absolute Gasteiger partial charge is 0.323 e. The van der Waals surface area contributed by atoms with Crippen molar-refractivity contribution in [1.82, 2.24) is 0 Å². The predicted octanol–water partition coefficient (Wildman–Crippen LogP) is 4.36. The number of carbonyl (C=O) groups is 1. The second-order valence-corrected chi connectivity index (χ2v) is 4.31. The van der Waals surface area contributed by atoms with Gasteiger partial charge in [-0.25, -0.2) is 0 Å². The lowest BCUT2D eigenvalue weighted by Gasteiger charge is -2.06. The first-order chi connectivity index (χ1) is 9.95. The molecular formula is C16H12F3NO. The van der Waals surface area contributed by atoms with E-state index in [4.69, 9.17) is 0 Å². The summed E-state index contributed by atoms with van der Waals surface area (Å²) >= 11 is 0. The highest BCUT2D eigenvalue weighted by Gasteiger charge is 2.29. The third-order valence-corrected chi connectivity index (χ3v) is 2.71. The van der Waals surface area contributed by atoms with E-state index in [9.17, 15) is 18.0 Å². The van der Waals surface area contributed by atoms with Gasteiger partial charge >= 0.3 is 6.18 Å². The molecule has 0 aromatic heterocycles. The van der Waals surface area contributed by atoms with Gasteiger partial charge in [0.15, 0.2) is 0 Å². The first-order valence-corrected chi connectivity index (χ1v) is 6.16. The summed E-state index contributed by atoms with van der Waals surface area (Å²) in [5.41, 5.74) is 0.458. The van der Waals surface area contributed by atoms with Gasteiger partial charge in [0.1, 0.15) is 0 Å². The van der Waals surface area contributed by atoms with Gasteiger partial charge in [0.05, 0.1) is 5.56 Å². The zero-order valence-electron chi connectivity index (χ0n) is 10.9. The Kier molecular flexibility index (Phi) is 4.42. The third-order valence-electron chi connectivity index (χ3n) is 2.71. The van der Waals surface area contributed by atoms with Crippen molar-refractivity contribution in [2.75, 3.05) is 5.32 Å². The van der Waals surface area contributed by atoms with Gasteiger partial charge in [0.25, 0.3) is 0 Å². The molecule has 2 rings (SSSR count). The van der Waals surface area contributed by atoms with Crippen LogP contribution in [0.25, 0.3) is 6.08 Å². The van der Waals surface area contributed by atoms with Crippen LogP contribution in [0.3, 0.4) is 0 Å². The summed E-state index contributed by atoms with van der Waals surface area (Å²) in [5.74, 6) is -0.346. The van der Waals surface area contributed by atoms with E-state index in [-0.39, 0.29) is 5.91 Å². The van der Waals surface area contributed by atoms with Gasteiger partial charge in [-0.2, -0.15) is 13.2 Å². The fourth-order valence-electron chi connectivity index (χ4n) is 1.66. The summed E-state index contributed by atoms with van der Waals surface area (Å²) in [6.07, 6.45) is -1.62. The number of para-hydroxylation sites is 1. The molecule has 0 bridgehead atoms. The molecule has 0 heterocycles. The maximum absolute atomic E-state index is 12.4. The summed E-state index contributed by atoms with van der Waals surface area (Å²) in [4.78, 5) is 11.6. The van der Waals surface area contributed by atoms with Gasteiger partial charge in [-0.05, 0) is 35.9 Å². The number of amides is 1. The van der Waals surface area contributed by atoms with E-state index in [1.165, 1.54) is 24.3 Å². The second kappa shape index (κ2) is 6.26. The van der Waals surface area contributed by atoms with Crippen LogP contribution < -0.4 is 5.32 Å². The van der Waals surface area contributed by atoms with Crippen LogP contribution in [0.4, 0.5) is 18.9 Å². The maximum atomic E-state index is 12.4. The van der Waals surface area contributed by atoms with Gasteiger partial charge in [-0.15, -0.1) is 0 Å². The summed E-state index contributed by atoms with van der Waals surface area (Å²) in [7, 11) is 0. The van der Waals surface area contributed by atoms with Crippen LogP contribution in [0.5, 0.6) is 0 Å². The molecule has 2 aromatic carbocycles. The zero-order valence-corrected chi connectivity index (χ0v) is 10.9. The number of halogens is 3. The quantitative estimate of drug-likeness (QED) is 0.836. The lowest BCUT2D eigenvalue weighted by Crippen LogP contribution is -2.07. The van der Waals surface area contributed by atoms with Gasteiger partial charge in [-0.3, -0.25) is 4.79 Å². The van der Waals surface area contributed by atoms with Crippen molar-refractivity contribution in [3.63, 3.8) is 0 Å². The van der Waals surface area contributed by atoms with Crippen molar-refractivity contribution in [2.45, 2.75) is 6.18 Å². The first-order valence-electron chi connectivity index (χ1n) is 6.16. The van der Waals surface area contributed by atoms with E-state index in [1.807, 2.05) is 6.07 Å². The Bertz CT molecular complexity index is 631. The van der Waals surface area contributed by atoms with Crippen LogP contribution in [0.15, 0.2) is 60.7 Å². The highest BCUT2D eigenvalue weighted by molar-refractivity contribution is 6.01. The minimum atomic E-state index is -4.35. The third kappa shape index (κ3) is 4.49. The van der Waals surface area contributed by atoms with E-state index < -0.39 is 11.7 Å². The highest BCUT2D eigenvalue weighted by atomic mass is 19.4. The van der Waals surface area contributed by atoms with Crippen molar-refractivity contribution in [1.29, 1.82) is 0 Å². The highest BCUT2D eigenvalue weighted by Crippen LogP contribution is 2.29. The Morgan fingerprint density at radius 3 is 2.14 bits per heavy atom. The van der Waals surface area contributed by atoms with E-state index in [0.29, 0.717) is 11.3 Å². The Labute approximate surface area is 119 Å². The largest absolute Gasteiger partial charge is 0.416 e. The molecule has 0 radical (unpaired) electrons. The Morgan fingerprint density at radius 1 is 0.952 bits per heavy atom. The van der Waals surface area contributed by atoms with E-state index in [1.54, 1.807) is 24.3 Å². The Balaban J connectivity index is 1.99. The predicted molar refractivity (Wildman–Crippen MR) is 75.5 cm³/mol. The van der Waals surface area contributed by atoms with Crippen LogP contribution >= 0.6 is 0 Å². The lowest BCUT2D eigenvalue weighted by atomic mass is 10.1. The van der Waals surface area contributed by atoms with E-state index in [0.717, 1.165) is 12.1 Å². The average Bonchev–Trinajstić information content (AvgIpc) is 2.46. The summed E-state index contributed by atoms with van der Waals surface area (Å²) < 4.78 is 37.2. The molecule has 0 fully saturated rings. The van der Waals surface area contributed by atoms with Crippen molar-refractivity contribution in [2.24, 2.45) is 0 Å². The molecule has 0 saturated heterocycles. The summed E-state index contributed by atoms with van der Waals surface area (Å²) in [6, 6.07) is 13.5. The molecule has 108 valence electrons. The topological polar surface area (TPSA) is 29.1 Å². The minimum absolute atomic E-state index is 0.346. The number of anilines is 1. The van der Waals surface area contributed by atoms with Gasteiger partial charge < -0.3 is 5.32 Å². The molecule has 1 N–H and O–H groups in total. The van der Waals surface area contributed by atoms with Gasteiger partial charge in [0, 0.05) is 11.8 Å². The number of hydrogen-bond acceptors (Lipinski definition) is 1. The van der Waals surface area contributed by atoms with Crippen LogP contribution in [0.1, 0.15) is 11.1 Å². The van der Waals surface area contributed by atoms with Crippen LogP contribution in [0, 0.1) is 0 Å². The van der Waals surface area contributed by atoms with Crippen molar-refractivity contribution >= 4 is 17.7 Å². The number of benzene rings is 2. The Morgan fingerprint density at radius 2 is 1.57 bits per heavy atom. The Hall–Kier alpha value is -2.56. The lowest BCUT2D eigenvalue weighted by molar-refractivity contribution is -0.137. The monoisotopic (exact) mass is 291 g/mol. The molecular weight excluding hydrogens is 279 g/mol. The summed E-state index contributed by atoms with van der Waals surface area (Å²) in [6.45, 7) is 0. The van der Waals surface area contributed by atoms with Crippen molar-refractivity contribution < 1.29 is 18.0 Å². The maximum Gasteiger partial charge on any atom is 0.416 e. The molecule has 0 aliphatic rings. The number of alkyl halides is 3. The second-order valence-electron chi connectivity index (χ2n) is 4.31. The molecule has 0 atom stereocenters. The molecule has 5 heteroatoms. The van der Waals surface area contributed by atoms with E-state index in [2.05, 4.69) is 5.32 Å². The number of nitrogens with one attached hydrogen (secondary N) is 1. The minimum Gasteiger partial charge on any atom is -0.323 e.